The van der Waals surface area contributed by atoms with Gasteiger partial charge in [-0.1, -0.05) is 36.4 Å². The van der Waals surface area contributed by atoms with Crippen molar-refractivity contribution in [1.82, 2.24) is 23.5 Å². The second kappa shape index (κ2) is 10.1. The summed E-state index contributed by atoms with van der Waals surface area (Å²) in [5, 5.41) is 9.25. The minimum atomic E-state index is -3.22. The lowest BCUT2D eigenvalue weighted by molar-refractivity contribution is 0.100. The highest BCUT2D eigenvalue weighted by Crippen LogP contribution is 2.33. The summed E-state index contributed by atoms with van der Waals surface area (Å²) < 4.78 is 29.5. The molecule has 11 heteroatoms. The van der Waals surface area contributed by atoms with E-state index in [1.54, 1.807) is 6.07 Å². The van der Waals surface area contributed by atoms with Crippen LogP contribution in [0.25, 0.3) is 22.4 Å². The van der Waals surface area contributed by atoms with Crippen LogP contribution in [0.15, 0.2) is 66.7 Å². The number of nitrogens with one attached hydrogen (secondary N) is 1. The number of sulfonamides is 1. The predicted octanol–water partition coefficient (Wildman–Crippen LogP) is 3.83. The Kier molecular flexibility index (Phi) is 6.55. The summed E-state index contributed by atoms with van der Waals surface area (Å²) in [6.07, 6.45) is 2.68. The van der Waals surface area contributed by atoms with Gasteiger partial charge < -0.3 is 11.1 Å². The van der Waals surface area contributed by atoms with E-state index in [9.17, 15) is 13.2 Å². The van der Waals surface area contributed by atoms with Crippen LogP contribution in [0.1, 0.15) is 46.1 Å². The average Bonchev–Trinajstić information content (AvgIpc) is 3.52. The second-order valence-electron chi connectivity index (χ2n) is 10.3. The van der Waals surface area contributed by atoms with Crippen LogP contribution in [0.5, 0.6) is 0 Å². The van der Waals surface area contributed by atoms with Crippen LogP contribution in [-0.4, -0.2) is 57.1 Å². The number of amides is 1. The van der Waals surface area contributed by atoms with E-state index in [1.165, 1.54) is 10.6 Å². The van der Waals surface area contributed by atoms with Crippen LogP contribution < -0.4 is 11.1 Å². The molecule has 10 nitrogen and oxygen atoms in total. The largest absolute Gasteiger partial charge is 0.366 e. The zero-order chi connectivity index (χ0) is 28.0. The molecule has 3 N–H and O–H groups in total. The number of piperidine rings is 1. The zero-order valence-electron chi connectivity index (χ0n) is 22.4. The Balaban J connectivity index is 1.47. The van der Waals surface area contributed by atoms with Crippen molar-refractivity contribution in [1.29, 1.82) is 0 Å². The number of aryl methyl sites for hydroxylation is 1. The summed E-state index contributed by atoms with van der Waals surface area (Å²) in [7, 11) is -3.22. The minimum absolute atomic E-state index is 0.147. The number of fused-ring (bicyclic) bond motifs is 2. The van der Waals surface area contributed by atoms with Gasteiger partial charge in [0.15, 0.2) is 5.82 Å². The van der Waals surface area contributed by atoms with Crippen LogP contribution >= 0.6 is 0 Å². The first-order chi connectivity index (χ1) is 19.2. The lowest BCUT2D eigenvalue weighted by atomic mass is 9.95. The first-order valence-corrected chi connectivity index (χ1v) is 15.1. The van der Waals surface area contributed by atoms with Gasteiger partial charge in [0.1, 0.15) is 5.52 Å². The van der Waals surface area contributed by atoms with Crippen molar-refractivity contribution in [3.8, 4) is 5.95 Å². The third-order valence-corrected chi connectivity index (χ3v) is 8.97. The lowest BCUT2D eigenvalue weighted by Crippen LogP contribution is -2.37. The maximum atomic E-state index is 12.1. The molecule has 0 saturated carbocycles. The minimum Gasteiger partial charge on any atom is -0.366 e. The van der Waals surface area contributed by atoms with Crippen LogP contribution in [0.2, 0.25) is 0 Å². The highest BCUT2D eigenvalue weighted by atomic mass is 32.2. The molecule has 0 radical (unpaired) electrons. The molecule has 1 fully saturated rings. The third kappa shape index (κ3) is 4.71. The van der Waals surface area contributed by atoms with E-state index in [1.807, 2.05) is 58.5 Å². The first kappa shape index (κ1) is 26.0. The first-order valence-electron chi connectivity index (χ1n) is 13.2. The molecule has 40 heavy (non-hydrogen) atoms. The summed E-state index contributed by atoms with van der Waals surface area (Å²) in [6.45, 7) is 3.49. The van der Waals surface area contributed by atoms with E-state index in [4.69, 9.17) is 15.8 Å². The summed E-state index contributed by atoms with van der Waals surface area (Å²) >= 11 is 0. The molecule has 1 aliphatic heterocycles. The molecule has 4 heterocycles. The molecule has 0 spiro atoms. The topological polar surface area (TPSA) is 128 Å². The molecule has 0 bridgehead atoms. The standard InChI is InChI=1S/C29H31N7O3S/c1-19-17-23-22(27(30)37)9-6-10-25(23)35(19)29-32-28(31-18-20-7-4-3-5-8-20)26-12-11-24(36(26)33-29)21-13-15-34(16-14-21)40(2,38)39/h3-12,17,21H,13-16,18H2,1-2H3,(H2,30,37)(H,31,32,33). The van der Waals surface area contributed by atoms with Crippen LogP contribution in [0.4, 0.5) is 5.82 Å². The lowest BCUT2D eigenvalue weighted by Gasteiger charge is -2.30. The highest BCUT2D eigenvalue weighted by molar-refractivity contribution is 7.88. The fourth-order valence-corrected chi connectivity index (χ4v) is 6.52. The van der Waals surface area contributed by atoms with Crippen LogP contribution in [0, 0.1) is 6.92 Å². The molecule has 0 unspecified atom stereocenters. The fourth-order valence-electron chi connectivity index (χ4n) is 5.65. The Bertz CT molecular complexity index is 1840. The van der Waals surface area contributed by atoms with Crippen molar-refractivity contribution in [2.45, 2.75) is 32.2 Å². The van der Waals surface area contributed by atoms with Gasteiger partial charge in [-0.05, 0) is 55.7 Å². The highest BCUT2D eigenvalue weighted by Gasteiger charge is 2.28. The fraction of sp³-hybridized carbons (Fsp3) is 0.276. The molecular weight excluding hydrogens is 526 g/mol. The summed E-state index contributed by atoms with van der Waals surface area (Å²) in [5.41, 5.74) is 10.7. The van der Waals surface area contributed by atoms with Crippen molar-refractivity contribution in [2.24, 2.45) is 5.73 Å². The Morgan fingerprint density at radius 2 is 1.77 bits per heavy atom. The molecule has 1 saturated heterocycles. The van der Waals surface area contributed by atoms with E-state index < -0.39 is 15.9 Å². The number of aromatic nitrogens is 4. The van der Waals surface area contributed by atoms with E-state index in [-0.39, 0.29) is 5.92 Å². The SMILES string of the molecule is Cc1cc2c(C(N)=O)cccc2n1-c1nc(NCc2ccccc2)c2ccc(C3CCN(S(C)(=O)=O)CC3)n2n1. The van der Waals surface area contributed by atoms with E-state index >= 15 is 0 Å². The second-order valence-corrected chi connectivity index (χ2v) is 12.3. The normalized spacial score (nSPS) is 15.2. The van der Waals surface area contributed by atoms with Crippen molar-refractivity contribution in [2.75, 3.05) is 24.7 Å². The third-order valence-electron chi connectivity index (χ3n) is 7.67. The number of carbonyl (C=O) groups excluding carboxylic acids is 1. The Morgan fingerprint density at radius 3 is 2.48 bits per heavy atom. The molecule has 206 valence electrons. The summed E-state index contributed by atoms with van der Waals surface area (Å²) in [6, 6.07) is 21.6. The van der Waals surface area contributed by atoms with Crippen molar-refractivity contribution in [3.05, 3.63) is 89.2 Å². The Morgan fingerprint density at radius 1 is 1.02 bits per heavy atom. The number of hydrogen-bond acceptors (Lipinski definition) is 6. The van der Waals surface area contributed by atoms with E-state index in [0.29, 0.717) is 49.8 Å². The molecule has 5 aromatic rings. The van der Waals surface area contributed by atoms with Crippen LogP contribution in [0.3, 0.4) is 0 Å². The smallest absolute Gasteiger partial charge is 0.254 e. The van der Waals surface area contributed by atoms with Crippen molar-refractivity contribution >= 4 is 38.2 Å². The molecule has 1 aliphatic rings. The molecule has 2 aromatic carbocycles. The number of nitrogens with two attached hydrogens (primary N) is 1. The molecular formula is C29H31N7O3S. The van der Waals surface area contributed by atoms with Gasteiger partial charge in [-0.2, -0.15) is 4.98 Å². The van der Waals surface area contributed by atoms with E-state index in [0.717, 1.165) is 33.4 Å². The molecule has 6 rings (SSSR count). The van der Waals surface area contributed by atoms with Gasteiger partial charge in [0.05, 0.1) is 11.8 Å². The zero-order valence-corrected chi connectivity index (χ0v) is 23.2. The number of carbonyl (C=O) groups is 1. The number of benzene rings is 2. The summed E-state index contributed by atoms with van der Waals surface area (Å²) in [5.74, 6) is 0.802. The van der Waals surface area contributed by atoms with Crippen LogP contribution in [-0.2, 0) is 16.6 Å². The average molecular weight is 558 g/mol. The molecule has 3 aromatic heterocycles. The Labute approximate surface area is 232 Å². The van der Waals surface area contributed by atoms with Gasteiger partial charge in [0.2, 0.25) is 15.9 Å². The monoisotopic (exact) mass is 557 g/mol. The van der Waals surface area contributed by atoms with Crippen molar-refractivity contribution in [3.63, 3.8) is 0 Å². The number of hydrogen-bond donors (Lipinski definition) is 2. The Hall–Kier alpha value is -4.22. The van der Waals surface area contributed by atoms with Crippen molar-refractivity contribution < 1.29 is 13.2 Å². The van der Waals surface area contributed by atoms with Gasteiger partial charge in [-0.3, -0.25) is 9.36 Å². The number of primary amides is 1. The predicted molar refractivity (Wildman–Crippen MR) is 155 cm³/mol. The van der Waals surface area contributed by atoms with Gasteiger partial charge in [0, 0.05) is 47.9 Å². The number of rotatable bonds is 7. The summed E-state index contributed by atoms with van der Waals surface area (Å²) in [4.78, 5) is 17.1. The number of anilines is 1. The maximum absolute atomic E-state index is 12.1. The van der Waals surface area contributed by atoms with E-state index in [2.05, 4.69) is 23.5 Å². The molecule has 0 aliphatic carbocycles. The van der Waals surface area contributed by atoms with Gasteiger partial charge >= 0.3 is 0 Å². The van der Waals surface area contributed by atoms with Gasteiger partial charge in [0.25, 0.3) is 5.95 Å². The van der Waals surface area contributed by atoms with Gasteiger partial charge in [-0.15, -0.1) is 5.10 Å². The molecule has 1 amide bonds. The van der Waals surface area contributed by atoms with Gasteiger partial charge in [-0.25, -0.2) is 17.2 Å². The maximum Gasteiger partial charge on any atom is 0.254 e. The quantitative estimate of drug-likeness (QED) is 0.313. The number of nitrogens with zero attached hydrogens (tertiary/aromatic N) is 5. The molecule has 0 atom stereocenters.